The van der Waals surface area contributed by atoms with E-state index in [-0.39, 0.29) is 22.4 Å². The summed E-state index contributed by atoms with van der Waals surface area (Å²) in [4.78, 5) is 22.5. The number of carbonyl (C=O) groups is 1. The van der Waals surface area contributed by atoms with Crippen molar-refractivity contribution < 1.29 is 14.5 Å². The lowest BCUT2D eigenvalue weighted by Gasteiger charge is -2.12. The van der Waals surface area contributed by atoms with E-state index in [9.17, 15) is 14.9 Å². The van der Waals surface area contributed by atoms with Gasteiger partial charge in [-0.05, 0) is 43.1 Å². The van der Waals surface area contributed by atoms with Crippen LogP contribution in [0.2, 0.25) is 0 Å². The molecule has 0 radical (unpaired) electrons. The first kappa shape index (κ1) is 17.1. The predicted octanol–water partition coefficient (Wildman–Crippen LogP) is 3.00. The number of nitrogens with one attached hydrogen (secondary N) is 2. The fourth-order valence-corrected chi connectivity index (χ4v) is 2.93. The first-order valence-electron chi connectivity index (χ1n) is 7.43. The zero-order chi connectivity index (χ0) is 16.8. The average Bonchev–Trinajstić information content (AvgIpc) is 2.99. The fourth-order valence-electron chi connectivity index (χ4n) is 2.70. The number of nitrogens with zero attached hydrogens (tertiary/aromatic N) is 1. The van der Waals surface area contributed by atoms with Gasteiger partial charge < -0.3 is 15.4 Å². The Hall–Kier alpha value is -2.22. The van der Waals surface area contributed by atoms with Gasteiger partial charge in [-0.1, -0.05) is 12.8 Å². The second-order valence-electron chi connectivity index (χ2n) is 5.50. The smallest absolute Gasteiger partial charge is 0.296 e. The molecule has 0 atom stereocenters. The quantitative estimate of drug-likeness (QED) is 0.487. The van der Waals surface area contributed by atoms with Gasteiger partial charge >= 0.3 is 0 Å². The molecular weight excluding hydrogens is 318 g/mol. The molecular formula is C15H19N3O4S. The van der Waals surface area contributed by atoms with Crippen molar-refractivity contribution in [3.63, 3.8) is 0 Å². The molecule has 0 heterocycles. The molecule has 0 aliphatic heterocycles. The van der Waals surface area contributed by atoms with E-state index in [0.717, 1.165) is 12.8 Å². The molecule has 1 saturated carbocycles. The Morgan fingerprint density at radius 2 is 2.13 bits per heavy atom. The molecule has 124 valence electrons. The highest BCUT2D eigenvalue weighted by molar-refractivity contribution is 7.80. The lowest BCUT2D eigenvalue weighted by molar-refractivity contribution is -0.384. The lowest BCUT2D eigenvalue weighted by atomic mass is 10.0. The fraction of sp³-hybridized carbons (Fsp3) is 0.467. The third-order valence-electron chi connectivity index (χ3n) is 3.85. The highest BCUT2D eigenvalue weighted by atomic mass is 32.1. The van der Waals surface area contributed by atoms with Crippen LogP contribution in [0.15, 0.2) is 18.2 Å². The summed E-state index contributed by atoms with van der Waals surface area (Å²) in [5.74, 6) is 0.622. The van der Waals surface area contributed by atoms with E-state index in [1.165, 1.54) is 32.1 Å². The number of thiocarbonyl (C=S) groups is 1. The monoisotopic (exact) mass is 337 g/mol. The van der Waals surface area contributed by atoms with Crippen LogP contribution in [0.25, 0.3) is 0 Å². The number of carbonyl (C=O) groups excluding carboxylic acids is 1. The zero-order valence-corrected chi connectivity index (χ0v) is 13.6. The van der Waals surface area contributed by atoms with Crippen LogP contribution in [-0.4, -0.2) is 23.1 Å². The predicted molar refractivity (Wildman–Crippen MR) is 90.6 cm³/mol. The topological polar surface area (TPSA) is 93.5 Å². The number of hydrogen-bond donors (Lipinski definition) is 2. The van der Waals surface area contributed by atoms with Crippen LogP contribution >= 0.6 is 12.2 Å². The molecule has 2 N–H and O–H groups in total. The van der Waals surface area contributed by atoms with Gasteiger partial charge in [-0.3, -0.25) is 14.9 Å². The summed E-state index contributed by atoms with van der Waals surface area (Å²) in [6.45, 7) is 0. The Morgan fingerprint density at radius 3 is 2.74 bits per heavy atom. The van der Waals surface area contributed by atoms with E-state index in [1.54, 1.807) is 6.07 Å². The van der Waals surface area contributed by atoms with Crippen LogP contribution in [0, 0.1) is 16.0 Å². The van der Waals surface area contributed by atoms with E-state index in [1.807, 2.05) is 0 Å². The largest absolute Gasteiger partial charge is 0.496 e. The first-order valence-corrected chi connectivity index (χ1v) is 7.83. The Balaban J connectivity index is 1.96. The third-order valence-corrected chi connectivity index (χ3v) is 4.06. The molecule has 0 saturated heterocycles. The molecule has 8 heteroatoms. The third kappa shape index (κ3) is 4.88. The summed E-state index contributed by atoms with van der Waals surface area (Å²) in [6.07, 6.45) is 4.90. The van der Waals surface area contributed by atoms with Gasteiger partial charge in [0.05, 0.1) is 18.1 Å². The highest BCUT2D eigenvalue weighted by Gasteiger charge is 2.20. The van der Waals surface area contributed by atoms with Crippen molar-refractivity contribution in [3.05, 3.63) is 28.3 Å². The van der Waals surface area contributed by atoms with Crippen molar-refractivity contribution in [2.24, 2.45) is 5.92 Å². The minimum Gasteiger partial charge on any atom is -0.496 e. The zero-order valence-electron chi connectivity index (χ0n) is 12.8. The molecule has 1 aliphatic rings. The molecule has 1 aromatic rings. The van der Waals surface area contributed by atoms with Crippen molar-refractivity contribution in [1.29, 1.82) is 0 Å². The van der Waals surface area contributed by atoms with Gasteiger partial charge in [0.15, 0.2) is 5.11 Å². The highest BCUT2D eigenvalue weighted by Crippen LogP contribution is 2.29. The summed E-state index contributed by atoms with van der Waals surface area (Å²) in [7, 11) is 1.43. The van der Waals surface area contributed by atoms with E-state index >= 15 is 0 Å². The van der Waals surface area contributed by atoms with Gasteiger partial charge in [-0.2, -0.15) is 0 Å². The van der Waals surface area contributed by atoms with Crippen LogP contribution < -0.4 is 15.4 Å². The Kier molecular flexibility index (Phi) is 5.86. The molecule has 0 unspecified atom stereocenters. The van der Waals surface area contributed by atoms with Gasteiger partial charge in [0, 0.05) is 6.42 Å². The first-order chi connectivity index (χ1) is 11.0. The maximum Gasteiger partial charge on any atom is 0.296 e. The van der Waals surface area contributed by atoms with Crippen molar-refractivity contribution in [3.8, 4) is 5.75 Å². The number of nitro groups is 1. The van der Waals surface area contributed by atoms with Crippen LogP contribution in [0.1, 0.15) is 32.1 Å². The molecule has 0 aromatic heterocycles. The molecule has 1 fully saturated rings. The molecule has 1 amide bonds. The number of ether oxygens (including phenoxy) is 1. The van der Waals surface area contributed by atoms with Crippen molar-refractivity contribution >= 4 is 34.6 Å². The molecule has 0 bridgehead atoms. The van der Waals surface area contributed by atoms with Gasteiger partial charge in [-0.15, -0.1) is 0 Å². The number of anilines is 1. The summed E-state index contributed by atoms with van der Waals surface area (Å²) in [5.41, 5.74) is 0.0405. The molecule has 1 aliphatic carbocycles. The number of benzene rings is 1. The number of hydrogen-bond acceptors (Lipinski definition) is 5. The minimum atomic E-state index is -0.534. The second kappa shape index (κ2) is 7.87. The summed E-state index contributed by atoms with van der Waals surface area (Å²) < 4.78 is 4.97. The molecule has 1 aromatic carbocycles. The van der Waals surface area contributed by atoms with E-state index in [2.05, 4.69) is 10.6 Å². The van der Waals surface area contributed by atoms with Gasteiger partial charge in [0.2, 0.25) is 5.91 Å². The van der Waals surface area contributed by atoms with E-state index < -0.39 is 4.92 Å². The normalized spacial score (nSPS) is 14.3. The lowest BCUT2D eigenvalue weighted by Crippen LogP contribution is -2.35. The summed E-state index contributed by atoms with van der Waals surface area (Å²) in [5, 5.41) is 16.4. The Bertz CT molecular complexity index is 615. The molecule has 0 spiro atoms. The maximum atomic E-state index is 11.9. The van der Waals surface area contributed by atoms with Crippen molar-refractivity contribution in [2.45, 2.75) is 32.1 Å². The minimum absolute atomic E-state index is 0.0567. The second-order valence-corrected chi connectivity index (χ2v) is 5.91. The number of methoxy groups -OCH3 is 1. The Morgan fingerprint density at radius 1 is 1.43 bits per heavy atom. The van der Waals surface area contributed by atoms with Crippen molar-refractivity contribution in [1.82, 2.24) is 5.32 Å². The van der Waals surface area contributed by atoms with Crippen LogP contribution in [0.3, 0.4) is 0 Å². The van der Waals surface area contributed by atoms with Gasteiger partial charge in [0.25, 0.3) is 5.69 Å². The van der Waals surface area contributed by atoms with Crippen LogP contribution in [0.4, 0.5) is 11.4 Å². The average molecular weight is 337 g/mol. The van der Waals surface area contributed by atoms with E-state index in [4.69, 9.17) is 17.0 Å². The number of nitro benzene ring substituents is 1. The van der Waals surface area contributed by atoms with Crippen molar-refractivity contribution in [2.75, 3.05) is 12.4 Å². The van der Waals surface area contributed by atoms with Crippen LogP contribution in [0.5, 0.6) is 5.75 Å². The van der Waals surface area contributed by atoms with Gasteiger partial charge in [-0.25, -0.2) is 0 Å². The standard InChI is InChI=1S/C15H19N3O4S/c1-22-11-6-7-12(13(9-11)18(20)21)16-15(23)17-14(19)8-10-4-2-3-5-10/h6-7,9-10H,2-5,8H2,1H3,(H2,16,17,19,23). The summed E-state index contributed by atoms with van der Waals surface area (Å²) >= 11 is 5.06. The SMILES string of the molecule is COc1ccc(NC(=S)NC(=O)CC2CCCC2)c([N+](=O)[O-])c1. The molecule has 7 nitrogen and oxygen atoms in total. The molecule has 2 rings (SSSR count). The maximum absolute atomic E-state index is 11.9. The van der Waals surface area contributed by atoms with Crippen LogP contribution in [-0.2, 0) is 4.79 Å². The van der Waals surface area contributed by atoms with E-state index in [0.29, 0.717) is 18.1 Å². The Labute approximate surface area is 139 Å². The van der Waals surface area contributed by atoms with Gasteiger partial charge in [0.1, 0.15) is 11.4 Å². The molecule has 23 heavy (non-hydrogen) atoms. The number of amides is 1. The summed E-state index contributed by atoms with van der Waals surface area (Å²) in [6, 6.07) is 4.37. The number of rotatable bonds is 5.